The second-order valence-electron chi connectivity index (χ2n) is 14.1. The highest BCUT2D eigenvalue weighted by molar-refractivity contribution is 7.95. The van der Waals surface area contributed by atoms with Crippen LogP contribution in [0.5, 0.6) is 0 Å². The van der Waals surface area contributed by atoms with E-state index in [1.807, 2.05) is 0 Å². The van der Waals surface area contributed by atoms with Crippen LogP contribution in [-0.4, -0.2) is 61.5 Å². The lowest BCUT2D eigenvalue weighted by molar-refractivity contribution is -0.288. The van der Waals surface area contributed by atoms with E-state index in [0.717, 1.165) is 38.5 Å². The van der Waals surface area contributed by atoms with Crippen molar-refractivity contribution in [1.29, 1.82) is 0 Å². The smallest absolute Gasteiger partial charge is 0.393 e. The van der Waals surface area contributed by atoms with Crippen molar-refractivity contribution in [2.45, 2.75) is 116 Å². The zero-order valence-corrected chi connectivity index (χ0v) is 25.4. The topological polar surface area (TPSA) is 177 Å². The number of aliphatic hydroxyl groups excluding tert-OH is 3. The summed E-state index contributed by atoms with van der Waals surface area (Å²) in [6, 6.07) is 0. The van der Waals surface area contributed by atoms with E-state index in [1.165, 1.54) is 0 Å². The Morgan fingerprint density at radius 3 is 2.02 bits per heavy atom. The first-order valence-corrected chi connectivity index (χ1v) is 17.5. The van der Waals surface area contributed by atoms with Crippen LogP contribution in [0.15, 0.2) is 0 Å². The Kier molecular flexibility index (Phi) is 8.05. The lowest BCUT2D eigenvalue weighted by Crippen LogP contribution is -2.66. The third-order valence-electron chi connectivity index (χ3n) is 12.0. The van der Waals surface area contributed by atoms with Gasteiger partial charge in [0.05, 0.1) is 6.10 Å². The highest BCUT2D eigenvalue weighted by atomic mass is 32.3. The van der Waals surface area contributed by atoms with Gasteiger partial charge in [-0.05, 0) is 91.3 Å². The molecule has 4 aliphatic carbocycles. The summed E-state index contributed by atoms with van der Waals surface area (Å²) in [6.07, 6.45) is 1.96. The van der Waals surface area contributed by atoms with Gasteiger partial charge in [0.1, 0.15) is 6.10 Å². The first kappa shape index (κ1) is 31.1. The molecule has 0 aromatic heterocycles. The highest BCUT2D eigenvalue weighted by Crippen LogP contribution is 2.69. The van der Waals surface area contributed by atoms with E-state index in [1.54, 1.807) is 6.92 Å². The van der Waals surface area contributed by atoms with Gasteiger partial charge in [-0.25, -0.2) is 8.37 Å². The van der Waals surface area contributed by atoms with Crippen LogP contribution in [0, 0.1) is 52.3 Å². The van der Waals surface area contributed by atoms with Gasteiger partial charge in [0.2, 0.25) is 5.79 Å². The Balaban J connectivity index is 1.51. The summed E-state index contributed by atoms with van der Waals surface area (Å²) in [5.41, 5.74) is -0.415. The maximum absolute atomic E-state index is 12.6. The van der Waals surface area contributed by atoms with Crippen molar-refractivity contribution in [1.82, 2.24) is 0 Å². The Labute approximate surface area is 238 Å². The molecule has 0 radical (unpaired) electrons. The molecule has 7 rings (SSSR count). The van der Waals surface area contributed by atoms with E-state index in [4.69, 9.17) is 4.18 Å². The molecular formula is C27H46O11S2. The van der Waals surface area contributed by atoms with Crippen LogP contribution in [0.4, 0.5) is 0 Å². The molecule has 8 bridgehead atoms. The third kappa shape index (κ3) is 5.19. The molecule has 7 fully saturated rings. The first-order chi connectivity index (χ1) is 18.4. The lowest BCUT2D eigenvalue weighted by Gasteiger charge is -2.64. The standard InChI is InChI=1S/C27H46O11S2/c1-15-6-5-7-16(2)24(30)36-39(32,33)38-40(34,35)37-27(31)13-12-26(4)19-10-11-25(3)17(15)8-9-18(25)22(19)21(28)14-20(26)23(27)29/h15-24,28-31H,5-14H2,1-4H3/t15-,16?,17-,18-,19-,20-,21?,22+,23?,24?,25+,26-,27?/m0/s1. The van der Waals surface area contributed by atoms with E-state index >= 15 is 0 Å². The molecule has 0 amide bonds. The van der Waals surface area contributed by atoms with Crippen molar-refractivity contribution in [2.75, 3.05) is 0 Å². The Morgan fingerprint density at radius 2 is 1.32 bits per heavy atom. The summed E-state index contributed by atoms with van der Waals surface area (Å²) < 4.78 is 63.5. The summed E-state index contributed by atoms with van der Waals surface area (Å²) in [7, 11) is -10.7. The maximum atomic E-state index is 12.6. The molecule has 0 spiro atoms. The van der Waals surface area contributed by atoms with Gasteiger partial charge >= 0.3 is 20.8 Å². The van der Waals surface area contributed by atoms with Crippen molar-refractivity contribution < 1.29 is 49.3 Å². The predicted molar refractivity (Wildman–Crippen MR) is 142 cm³/mol. The highest BCUT2D eigenvalue weighted by Gasteiger charge is 2.67. The Hall–Kier alpha value is -0.380. The average molecular weight is 611 g/mol. The van der Waals surface area contributed by atoms with Crippen molar-refractivity contribution in [3.63, 3.8) is 0 Å². The molecule has 4 saturated carbocycles. The number of hydrogen-bond acceptors (Lipinski definition) is 11. The van der Waals surface area contributed by atoms with Crippen LogP contribution in [0.3, 0.4) is 0 Å². The number of fused-ring (bicyclic) bond motifs is 2. The second-order valence-corrected chi connectivity index (χ2v) is 16.6. The normalized spacial score (nSPS) is 54.8. The van der Waals surface area contributed by atoms with Crippen molar-refractivity contribution in [3.05, 3.63) is 0 Å². The van der Waals surface area contributed by atoms with Gasteiger partial charge in [0.15, 0.2) is 6.29 Å². The van der Waals surface area contributed by atoms with E-state index in [0.29, 0.717) is 30.6 Å². The van der Waals surface area contributed by atoms with Crippen LogP contribution < -0.4 is 0 Å². The average Bonchev–Trinajstić information content (AvgIpc) is 3.18. The van der Waals surface area contributed by atoms with Crippen LogP contribution in [-0.2, 0) is 32.8 Å². The van der Waals surface area contributed by atoms with E-state index < -0.39 is 62.3 Å². The number of aliphatic hydroxyl groups is 4. The summed E-state index contributed by atoms with van der Waals surface area (Å²) >= 11 is 0. The monoisotopic (exact) mass is 610 g/mol. The largest absolute Gasteiger partial charge is 0.419 e. The minimum atomic E-state index is -5.43. The lowest BCUT2D eigenvalue weighted by atomic mass is 9.43. The zero-order chi connectivity index (χ0) is 29.5. The molecule has 7 aliphatic rings. The van der Waals surface area contributed by atoms with Crippen LogP contribution in [0.25, 0.3) is 0 Å². The molecule has 232 valence electrons. The Morgan fingerprint density at radius 1 is 0.725 bits per heavy atom. The minimum Gasteiger partial charge on any atom is -0.393 e. The molecule has 3 aliphatic heterocycles. The predicted octanol–water partition coefficient (Wildman–Crippen LogP) is 2.59. The second kappa shape index (κ2) is 10.4. The van der Waals surface area contributed by atoms with Crippen molar-refractivity contribution >= 4 is 20.8 Å². The fraction of sp³-hybridized carbons (Fsp3) is 1.00. The van der Waals surface area contributed by atoms with Gasteiger partial charge in [0.25, 0.3) is 0 Å². The molecule has 0 aromatic rings. The van der Waals surface area contributed by atoms with Crippen LogP contribution in [0.2, 0.25) is 0 Å². The summed E-state index contributed by atoms with van der Waals surface area (Å²) in [5.74, 6) is -2.63. The summed E-state index contributed by atoms with van der Waals surface area (Å²) in [6.45, 7) is 8.28. The summed E-state index contributed by atoms with van der Waals surface area (Å²) in [4.78, 5) is 0. The maximum Gasteiger partial charge on any atom is 0.419 e. The molecule has 13 atom stereocenters. The number of hydrogen-bond donors (Lipinski definition) is 4. The molecule has 40 heavy (non-hydrogen) atoms. The number of rotatable bonds is 0. The van der Waals surface area contributed by atoms with Gasteiger partial charge in [-0.3, -0.25) is 0 Å². The molecule has 3 heterocycles. The van der Waals surface area contributed by atoms with E-state index in [-0.39, 0.29) is 30.1 Å². The quantitative estimate of drug-likeness (QED) is 0.317. The van der Waals surface area contributed by atoms with Crippen molar-refractivity contribution in [3.8, 4) is 0 Å². The van der Waals surface area contributed by atoms with Gasteiger partial charge in [-0.2, -0.15) is 16.8 Å². The minimum absolute atomic E-state index is 0.0478. The van der Waals surface area contributed by atoms with Crippen LogP contribution in [0.1, 0.15) is 91.9 Å². The zero-order valence-electron chi connectivity index (χ0n) is 23.8. The van der Waals surface area contributed by atoms with Gasteiger partial charge < -0.3 is 20.4 Å². The van der Waals surface area contributed by atoms with Gasteiger partial charge in [-0.15, -0.1) is 3.63 Å². The van der Waals surface area contributed by atoms with Gasteiger partial charge in [-0.1, -0.05) is 40.5 Å². The molecular weight excluding hydrogens is 564 g/mol. The SMILES string of the molecule is CC1CCC[C@H](C)[C@@H]2CC[C@H]3[C@H]4C(O)C[C@H]5C(O)C(O)(CC[C@@]5(C)[C@H]4CC[C@@]32C)OS(=O)(=O)OS(=O)(=O)OC1O. The summed E-state index contributed by atoms with van der Waals surface area (Å²) in [5, 5.41) is 44.4. The Bertz CT molecular complexity index is 1180. The van der Waals surface area contributed by atoms with Crippen molar-refractivity contribution in [2.24, 2.45) is 52.3 Å². The van der Waals surface area contributed by atoms with E-state index in [9.17, 15) is 37.3 Å². The molecule has 13 heteroatoms. The van der Waals surface area contributed by atoms with E-state index in [2.05, 4.69) is 28.6 Å². The van der Waals surface area contributed by atoms with Gasteiger partial charge in [0, 0.05) is 12.3 Å². The van der Waals surface area contributed by atoms with Crippen LogP contribution >= 0.6 is 0 Å². The molecule has 0 aromatic carbocycles. The fourth-order valence-corrected chi connectivity index (χ4v) is 12.0. The molecule has 5 unspecified atom stereocenters. The third-order valence-corrected chi connectivity index (χ3v) is 14.3. The molecule has 4 N–H and O–H groups in total. The molecule has 3 saturated heterocycles. The first-order valence-electron chi connectivity index (χ1n) is 14.8. The molecule has 11 nitrogen and oxygen atoms in total. The fourth-order valence-electron chi connectivity index (χ4n) is 9.93.